The standard InChI is InChI=1S/C18H14ClFN4O2/c1-26-15-7-10(19)3-5-12(15)16-13-6-9(17(25)24-18(21)22)2-4-11(13)14(20)8-23-16/h2-8H,1H3,(H4,21,22,24,25). The van der Waals surface area contributed by atoms with E-state index >= 15 is 0 Å². The maximum atomic E-state index is 14.2. The Labute approximate surface area is 153 Å². The summed E-state index contributed by atoms with van der Waals surface area (Å²) in [7, 11) is 1.49. The molecule has 132 valence electrons. The minimum Gasteiger partial charge on any atom is -0.496 e. The van der Waals surface area contributed by atoms with Gasteiger partial charge in [0.25, 0.3) is 5.91 Å². The van der Waals surface area contributed by atoms with E-state index in [-0.39, 0.29) is 11.5 Å². The van der Waals surface area contributed by atoms with Gasteiger partial charge in [0, 0.05) is 26.9 Å². The van der Waals surface area contributed by atoms with Gasteiger partial charge in [-0.05, 0) is 30.3 Å². The van der Waals surface area contributed by atoms with Crippen LogP contribution in [0.4, 0.5) is 4.39 Å². The number of amides is 1. The van der Waals surface area contributed by atoms with Crippen LogP contribution in [0.5, 0.6) is 5.75 Å². The summed E-state index contributed by atoms with van der Waals surface area (Å²) in [5.41, 5.74) is 11.7. The van der Waals surface area contributed by atoms with Gasteiger partial charge < -0.3 is 16.2 Å². The number of nitrogens with zero attached hydrogens (tertiary/aromatic N) is 2. The minimum absolute atomic E-state index is 0.201. The molecular formula is C18H14ClFN4O2. The first-order valence-corrected chi connectivity index (χ1v) is 7.84. The normalized spacial score (nSPS) is 10.6. The quantitative estimate of drug-likeness (QED) is 0.543. The monoisotopic (exact) mass is 372 g/mol. The molecule has 1 heterocycles. The average Bonchev–Trinajstić information content (AvgIpc) is 2.61. The van der Waals surface area contributed by atoms with Gasteiger partial charge in [-0.15, -0.1) is 0 Å². The molecule has 4 N–H and O–H groups in total. The number of aromatic nitrogens is 1. The number of benzene rings is 2. The van der Waals surface area contributed by atoms with Crippen LogP contribution in [-0.2, 0) is 0 Å². The predicted octanol–water partition coefficient (Wildman–Crippen LogP) is 3.12. The zero-order valence-electron chi connectivity index (χ0n) is 13.7. The van der Waals surface area contributed by atoms with E-state index in [1.54, 1.807) is 18.2 Å². The molecule has 0 aliphatic carbocycles. The summed E-state index contributed by atoms with van der Waals surface area (Å²) in [5.74, 6) is -1.03. The molecule has 1 amide bonds. The third-order valence-corrected chi connectivity index (χ3v) is 3.97. The Morgan fingerprint density at radius 1 is 1.19 bits per heavy atom. The number of rotatable bonds is 3. The molecule has 0 aliphatic heterocycles. The fourth-order valence-corrected chi connectivity index (χ4v) is 2.76. The van der Waals surface area contributed by atoms with Crippen molar-refractivity contribution < 1.29 is 13.9 Å². The molecule has 0 unspecified atom stereocenters. The first-order chi connectivity index (χ1) is 12.4. The Bertz CT molecular complexity index is 1050. The van der Waals surface area contributed by atoms with E-state index in [9.17, 15) is 9.18 Å². The van der Waals surface area contributed by atoms with Crippen molar-refractivity contribution in [3.63, 3.8) is 0 Å². The first-order valence-electron chi connectivity index (χ1n) is 7.47. The lowest BCUT2D eigenvalue weighted by Crippen LogP contribution is -2.24. The van der Waals surface area contributed by atoms with E-state index in [1.807, 2.05) is 0 Å². The highest BCUT2D eigenvalue weighted by molar-refractivity contribution is 6.30. The number of carbonyl (C=O) groups excluding carboxylic acids is 1. The lowest BCUT2D eigenvalue weighted by atomic mass is 10.0. The van der Waals surface area contributed by atoms with Crippen molar-refractivity contribution in [2.75, 3.05) is 7.11 Å². The second kappa shape index (κ2) is 6.97. The number of halogens is 2. The summed E-state index contributed by atoms with van der Waals surface area (Å²) in [6, 6.07) is 9.43. The van der Waals surface area contributed by atoms with E-state index in [4.69, 9.17) is 27.8 Å². The molecule has 0 saturated heterocycles. The number of carbonyl (C=O) groups is 1. The maximum absolute atomic E-state index is 14.2. The van der Waals surface area contributed by atoms with Gasteiger partial charge in [0.2, 0.25) is 0 Å². The Morgan fingerprint density at radius 2 is 1.96 bits per heavy atom. The molecule has 0 spiro atoms. The molecule has 6 nitrogen and oxygen atoms in total. The van der Waals surface area contributed by atoms with Crippen molar-refractivity contribution in [3.8, 4) is 17.0 Å². The molecule has 8 heteroatoms. The van der Waals surface area contributed by atoms with Crippen LogP contribution in [0.3, 0.4) is 0 Å². The zero-order valence-corrected chi connectivity index (χ0v) is 14.4. The number of methoxy groups -OCH3 is 1. The van der Waals surface area contributed by atoms with Gasteiger partial charge >= 0.3 is 0 Å². The van der Waals surface area contributed by atoms with Gasteiger partial charge in [-0.3, -0.25) is 9.78 Å². The van der Waals surface area contributed by atoms with Crippen LogP contribution in [-0.4, -0.2) is 24.0 Å². The van der Waals surface area contributed by atoms with Crippen LogP contribution in [0.15, 0.2) is 47.6 Å². The summed E-state index contributed by atoms with van der Waals surface area (Å²) >= 11 is 6.00. The molecule has 0 radical (unpaired) electrons. The predicted molar refractivity (Wildman–Crippen MR) is 98.8 cm³/mol. The SMILES string of the molecule is COc1cc(Cl)ccc1-c1ncc(F)c2ccc(C(=O)N=C(N)N)cc12. The van der Waals surface area contributed by atoms with Gasteiger partial charge in [-0.25, -0.2) is 4.39 Å². The highest BCUT2D eigenvalue weighted by atomic mass is 35.5. The summed E-state index contributed by atoms with van der Waals surface area (Å²) in [4.78, 5) is 19.8. The molecule has 0 bridgehead atoms. The third kappa shape index (κ3) is 3.29. The molecule has 0 aliphatic rings. The minimum atomic E-state index is -0.634. The van der Waals surface area contributed by atoms with Crippen molar-refractivity contribution in [3.05, 3.63) is 59.0 Å². The topological polar surface area (TPSA) is 104 Å². The van der Waals surface area contributed by atoms with Gasteiger partial charge in [0.05, 0.1) is 19.0 Å². The van der Waals surface area contributed by atoms with Crippen LogP contribution in [0.25, 0.3) is 22.0 Å². The maximum Gasteiger partial charge on any atom is 0.280 e. The van der Waals surface area contributed by atoms with Gasteiger partial charge in [-0.1, -0.05) is 17.7 Å². The molecule has 0 atom stereocenters. The molecule has 2 aromatic carbocycles. The molecule has 0 fully saturated rings. The van der Waals surface area contributed by atoms with Crippen LogP contribution in [0, 0.1) is 5.82 Å². The van der Waals surface area contributed by atoms with E-state index in [0.717, 1.165) is 6.20 Å². The van der Waals surface area contributed by atoms with E-state index < -0.39 is 11.7 Å². The smallest absolute Gasteiger partial charge is 0.280 e. The number of pyridine rings is 1. The number of hydrogen-bond acceptors (Lipinski definition) is 3. The highest BCUT2D eigenvalue weighted by Crippen LogP contribution is 2.36. The number of aliphatic imine (C=N–C) groups is 1. The van der Waals surface area contributed by atoms with E-state index in [0.29, 0.717) is 32.8 Å². The Morgan fingerprint density at radius 3 is 2.65 bits per heavy atom. The highest BCUT2D eigenvalue weighted by Gasteiger charge is 2.16. The van der Waals surface area contributed by atoms with Crippen LogP contribution < -0.4 is 16.2 Å². The number of hydrogen-bond donors (Lipinski definition) is 2. The number of fused-ring (bicyclic) bond motifs is 1. The Balaban J connectivity index is 2.28. The zero-order chi connectivity index (χ0) is 18.8. The third-order valence-electron chi connectivity index (χ3n) is 3.74. The Hall–Kier alpha value is -3.19. The number of ether oxygens (including phenoxy) is 1. The van der Waals surface area contributed by atoms with Gasteiger partial charge in [0.1, 0.15) is 11.6 Å². The van der Waals surface area contributed by atoms with Crippen molar-refractivity contribution >= 4 is 34.2 Å². The molecule has 3 aromatic rings. The van der Waals surface area contributed by atoms with Crippen LogP contribution in [0.1, 0.15) is 10.4 Å². The molecular weight excluding hydrogens is 359 g/mol. The van der Waals surface area contributed by atoms with Crippen LogP contribution in [0.2, 0.25) is 5.02 Å². The van der Waals surface area contributed by atoms with Gasteiger partial charge in [0.15, 0.2) is 5.96 Å². The Kier molecular flexibility index (Phi) is 4.73. The lowest BCUT2D eigenvalue weighted by Gasteiger charge is -2.12. The second-order valence-corrected chi connectivity index (χ2v) is 5.84. The molecule has 0 saturated carbocycles. The van der Waals surface area contributed by atoms with Crippen molar-refractivity contribution in [2.45, 2.75) is 0 Å². The van der Waals surface area contributed by atoms with Crippen molar-refractivity contribution in [2.24, 2.45) is 16.5 Å². The van der Waals surface area contributed by atoms with Crippen LogP contribution >= 0.6 is 11.6 Å². The number of guanidine groups is 1. The largest absolute Gasteiger partial charge is 0.496 e. The number of nitrogens with two attached hydrogens (primary N) is 2. The summed E-state index contributed by atoms with van der Waals surface area (Å²) < 4.78 is 19.6. The summed E-state index contributed by atoms with van der Waals surface area (Å²) in [5, 5.41) is 1.20. The fraction of sp³-hybridized carbons (Fsp3) is 0.0556. The van der Waals surface area contributed by atoms with Crippen molar-refractivity contribution in [1.29, 1.82) is 0 Å². The molecule has 3 rings (SSSR count). The lowest BCUT2D eigenvalue weighted by molar-refractivity contribution is 0.100. The van der Waals surface area contributed by atoms with Crippen molar-refractivity contribution in [1.82, 2.24) is 4.98 Å². The fourth-order valence-electron chi connectivity index (χ4n) is 2.60. The van der Waals surface area contributed by atoms with E-state index in [2.05, 4.69) is 9.98 Å². The average molecular weight is 373 g/mol. The van der Waals surface area contributed by atoms with E-state index in [1.165, 1.54) is 25.3 Å². The summed E-state index contributed by atoms with van der Waals surface area (Å²) in [6.45, 7) is 0. The molecule has 1 aromatic heterocycles. The van der Waals surface area contributed by atoms with Gasteiger partial charge in [-0.2, -0.15) is 4.99 Å². The second-order valence-electron chi connectivity index (χ2n) is 5.40. The first kappa shape index (κ1) is 17.6. The molecule has 26 heavy (non-hydrogen) atoms. The summed E-state index contributed by atoms with van der Waals surface area (Å²) in [6.07, 6.45) is 1.11.